The molecule has 310 valence electrons. The molecule has 2 N–H and O–H groups in total. The van der Waals surface area contributed by atoms with Crippen LogP contribution in [0.3, 0.4) is 0 Å². The first kappa shape index (κ1) is 46.5. The predicted octanol–water partition coefficient (Wildman–Crippen LogP) is 11.9. The molecule has 0 fully saturated rings. The Bertz CT molecular complexity index is 1670. The summed E-state index contributed by atoms with van der Waals surface area (Å²) in [7, 11) is 1.33. The van der Waals surface area contributed by atoms with Crippen molar-refractivity contribution in [1.29, 1.82) is 0 Å². The van der Waals surface area contributed by atoms with Crippen LogP contribution in [0, 0.1) is 0 Å². The summed E-state index contributed by atoms with van der Waals surface area (Å²) in [5.41, 5.74) is 3.18. The van der Waals surface area contributed by atoms with Crippen molar-refractivity contribution in [3.05, 3.63) is 87.0 Å². The minimum absolute atomic E-state index is 0.0305. The van der Waals surface area contributed by atoms with E-state index in [-0.39, 0.29) is 27.4 Å². The van der Waals surface area contributed by atoms with Gasteiger partial charge in [-0.3, -0.25) is 4.99 Å². The number of ether oxygens (including phenoxy) is 3. The maximum absolute atomic E-state index is 14.0. The Morgan fingerprint density at radius 3 is 1.39 bits per heavy atom. The Morgan fingerprint density at radius 1 is 0.679 bits per heavy atom. The number of phenols is 1. The van der Waals surface area contributed by atoms with E-state index < -0.39 is 17.6 Å². The number of nitrogens with zero attached hydrogens (tertiary/aromatic N) is 1. The van der Waals surface area contributed by atoms with Gasteiger partial charge in [-0.25, -0.2) is 4.79 Å². The minimum Gasteiger partial charge on any atom is -0.507 e. The number of unbranched alkanes of at least 4 members (excludes halogenated alkanes) is 2. The van der Waals surface area contributed by atoms with Gasteiger partial charge in [0.2, 0.25) is 0 Å². The lowest BCUT2D eigenvalue weighted by atomic mass is 9.70. The van der Waals surface area contributed by atoms with Gasteiger partial charge in [0.1, 0.15) is 22.8 Å². The molecule has 1 unspecified atom stereocenters. The number of aromatic hydroxyl groups is 1. The van der Waals surface area contributed by atoms with Gasteiger partial charge >= 0.3 is 5.97 Å². The lowest BCUT2D eigenvalue weighted by Crippen LogP contribution is -2.41. The summed E-state index contributed by atoms with van der Waals surface area (Å²) < 4.78 is 18.3. The van der Waals surface area contributed by atoms with Crippen molar-refractivity contribution in [2.75, 3.05) is 20.3 Å². The second-order valence-corrected chi connectivity index (χ2v) is 19.4. The first-order valence-corrected chi connectivity index (χ1v) is 20.7. The Labute approximate surface area is 339 Å². The molecular formula is C49H73NO6. The Balaban J connectivity index is 2.61. The summed E-state index contributed by atoms with van der Waals surface area (Å²) in [5, 5.41) is 24.9. The highest BCUT2D eigenvalue weighted by molar-refractivity contribution is 5.93. The van der Waals surface area contributed by atoms with Crippen molar-refractivity contribution >= 4 is 12.2 Å². The van der Waals surface area contributed by atoms with Gasteiger partial charge in [0, 0.05) is 34.0 Å². The van der Waals surface area contributed by atoms with Crippen molar-refractivity contribution in [2.24, 2.45) is 4.99 Å². The fourth-order valence-electron chi connectivity index (χ4n) is 7.01. The van der Waals surface area contributed by atoms with Gasteiger partial charge in [0.05, 0.1) is 31.9 Å². The molecule has 1 atom stereocenters. The molecule has 7 nitrogen and oxygen atoms in total. The molecule has 3 rings (SSSR count). The molecule has 3 aromatic carbocycles. The van der Waals surface area contributed by atoms with E-state index >= 15 is 0 Å². The van der Waals surface area contributed by atoms with Crippen molar-refractivity contribution in [2.45, 2.75) is 169 Å². The van der Waals surface area contributed by atoms with Crippen LogP contribution in [0.4, 0.5) is 0 Å². The number of aliphatic hydroxyl groups is 1. The summed E-state index contributed by atoms with van der Waals surface area (Å²) in [5.74, 6) is 1.20. The van der Waals surface area contributed by atoms with Crippen LogP contribution < -0.4 is 9.47 Å². The molecule has 56 heavy (non-hydrogen) atoms. The Morgan fingerprint density at radius 2 is 1.07 bits per heavy atom. The quantitative estimate of drug-likeness (QED) is 0.0907. The molecule has 7 heteroatoms. The van der Waals surface area contributed by atoms with E-state index in [9.17, 15) is 15.0 Å². The second kappa shape index (κ2) is 18.2. The third-order valence-corrected chi connectivity index (χ3v) is 10.5. The van der Waals surface area contributed by atoms with E-state index in [1.807, 2.05) is 6.92 Å². The number of methoxy groups -OCH3 is 1. The van der Waals surface area contributed by atoms with Crippen molar-refractivity contribution in [1.82, 2.24) is 0 Å². The molecule has 0 saturated heterocycles. The van der Waals surface area contributed by atoms with E-state index in [4.69, 9.17) is 19.2 Å². The molecule has 0 saturated carbocycles. The molecule has 0 aliphatic carbocycles. The van der Waals surface area contributed by atoms with E-state index in [1.165, 1.54) is 19.2 Å². The number of rotatable bonds is 15. The Kier molecular flexibility index (Phi) is 15.1. The van der Waals surface area contributed by atoms with Gasteiger partial charge in [-0.15, -0.1) is 0 Å². The molecule has 0 heterocycles. The lowest BCUT2D eigenvalue weighted by Gasteiger charge is -2.40. The Hall–Kier alpha value is -3.84. The van der Waals surface area contributed by atoms with Gasteiger partial charge < -0.3 is 24.4 Å². The first-order valence-electron chi connectivity index (χ1n) is 20.7. The van der Waals surface area contributed by atoms with Crippen LogP contribution in [-0.4, -0.2) is 48.8 Å². The number of aliphatic imine (C=N–C) groups is 1. The van der Waals surface area contributed by atoms with E-state index in [1.54, 1.807) is 12.3 Å². The molecule has 0 amide bonds. The SMILES string of the molecule is CCCCOc1c(C(C)(C)C)cc(C(O)(c2cc(C(C)(C)C)c(OCCCC)c(C(C)(C)C)c2)C(CC)N=Cc2cc(C(=O)OC)ccc2O)cc1C(C)(C)C. The standard InChI is InChI=1S/C49H73NO6/c1-17-20-24-55-42-36(45(4,5)6)27-34(28-37(42)46(7,8)9)49(53,41(19-3)50-31-33-26-32(44(52)54-16)22-23-40(33)51)35-29-38(47(10,11)12)43(56-25-21-18-2)39(30-35)48(13,14)15/h22-23,26-31,41,51,53H,17-21,24-25H2,1-16H3. The van der Waals surface area contributed by atoms with Crippen LogP contribution in [0.15, 0.2) is 47.5 Å². The average molecular weight is 772 g/mol. The van der Waals surface area contributed by atoms with Crippen LogP contribution in [0.1, 0.15) is 185 Å². The molecule has 0 aliphatic rings. The van der Waals surface area contributed by atoms with Crippen molar-refractivity contribution < 1.29 is 29.2 Å². The van der Waals surface area contributed by atoms with Gasteiger partial charge in [-0.2, -0.15) is 0 Å². The molecule has 0 bridgehead atoms. The van der Waals surface area contributed by atoms with Crippen LogP contribution in [0.2, 0.25) is 0 Å². The van der Waals surface area contributed by atoms with Gasteiger partial charge in [-0.05, 0) is 94.5 Å². The maximum Gasteiger partial charge on any atom is 0.337 e. The smallest absolute Gasteiger partial charge is 0.337 e. The van der Waals surface area contributed by atoms with E-state index in [2.05, 4.69) is 121 Å². The molecule has 0 spiro atoms. The van der Waals surface area contributed by atoms with Gasteiger partial charge in [0.15, 0.2) is 0 Å². The number of carbonyl (C=O) groups is 1. The van der Waals surface area contributed by atoms with Crippen molar-refractivity contribution in [3.63, 3.8) is 0 Å². The topological polar surface area (TPSA) is 97.6 Å². The van der Waals surface area contributed by atoms with Crippen molar-refractivity contribution in [3.8, 4) is 17.2 Å². The zero-order valence-corrected chi connectivity index (χ0v) is 37.6. The highest BCUT2D eigenvalue weighted by Crippen LogP contribution is 2.49. The fourth-order valence-corrected chi connectivity index (χ4v) is 7.01. The largest absolute Gasteiger partial charge is 0.507 e. The average Bonchev–Trinajstić information content (AvgIpc) is 3.10. The van der Waals surface area contributed by atoms with E-state index in [0.29, 0.717) is 41.9 Å². The minimum atomic E-state index is -1.66. The monoisotopic (exact) mass is 772 g/mol. The second-order valence-electron chi connectivity index (χ2n) is 19.4. The lowest BCUT2D eigenvalue weighted by molar-refractivity contribution is 0.0506. The number of hydrogen-bond donors (Lipinski definition) is 2. The fraction of sp³-hybridized carbons (Fsp3) is 0.592. The van der Waals surface area contributed by atoms with E-state index in [0.717, 1.165) is 59.4 Å². The zero-order valence-electron chi connectivity index (χ0n) is 37.6. The van der Waals surface area contributed by atoms with Crippen LogP contribution in [0.5, 0.6) is 17.2 Å². The summed E-state index contributed by atoms with van der Waals surface area (Å²) >= 11 is 0. The van der Waals surface area contributed by atoms with Crippen LogP contribution in [-0.2, 0) is 32.0 Å². The molecule has 3 aromatic rings. The predicted molar refractivity (Wildman–Crippen MR) is 233 cm³/mol. The zero-order chi connectivity index (χ0) is 42.4. The molecule has 0 radical (unpaired) electrons. The summed E-state index contributed by atoms with van der Waals surface area (Å²) in [6, 6.07) is 12.3. The highest BCUT2D eigenvalue weighted by Gasteiger charge is 2.44. The molecule has 0 aliphatic heterocycles. The highest BCUT2D eigenvalue weighted by atomic mass is 16.5. The number of hydrogen-bond acceptors (Lipinski definition) is 7. The summed E-state index contributed by atoms with van der Waals surface area (Å²) in [6.45, 7) is 33.8. The van der Waals surface area contributed by atoms with Gasteiger partial charge in [-0.1, -0.05) is 117 Å². The maximum atomic E-state index is 14.0. The number of esters is 1. The van der Waals surface area contributed by atoms with Gasteiger partial charge in [0.25, 0.3) is 0 Å². The summed E-state index contributed by atoms with van der Waals surface area (Å²) in [6.07, 6.45) is 5.94. The van der Waals surface area contributed by atoms with Crippen LogP contribution in [0.25, 0.3) is 0 Å². The third kappa shape index (κ3) is 10.8. The third-order valence-electron chi connectivity index (χ3n) is 10.5. The normalized spacial score (nSPS) is 13.6. The summed E-state index contributed by atoms with van der Waals surface area (Å²) in [4.78, 5) is 17.6. The number of carbonyl (C=O) groups excluding carboxylic acids is 1. The number of phenolic OH excluding ortho intramolecular Hbond substituents is 1. The molecule has 0 aromatic heterocycles. The number of benzene rings is 3. The first-order chi connectivity index (χ1) is 25.9. The molecular weight excluding hydrogens is 699 g/mol. The van der Waals surface area contributed by atoms with Crippen LogP contribution >= 0.6 is 0 Å².